The van der Waals surface area contributed by atoms with Crippen LogP contribution in [-0.2, 0) is 4.74 Å². The number of aliphatic hydroxyl groups is 1. The number of ether oxygens (including phenoxy) is 1. The van der Waals surface area contributed by atoms with Crippen LogP contribution >= 0.6 is 0 Å². The van der Waals surface area contributed by atoms with E-state index in [1.54, 1.807) is 6.92 Å². The normalized spacial score (nSPS) is 16.8. The predicted molar refractivity (Wildman–Crippen MR) is 83.4 cm³/mol. The molecular formula is C15H21N3O5. The van der Waals surface area contributed by atoms with Gasteiger partial charge in [-0.3, -0.25) is 19.8 Å². The van der Waals surface area contributed by atoms with Crippen LogP contribution in [0, 0.1) is 17.0 Å². The number of β-amino-alcohol motifs (C(OH)–C–C–N with tert-alkyl or cyclic N) is 1. The summed E-state index contributed by atoms with van der Waals surface area (Å²) in [5.74, 6) is -0.349. The van der Waals surface area contributed by atoms with Gasteiger partial charge in [0, 0.05) is 43.9 Å². The van der Waals surface area contributed by atoms with E-state index in [4.69, 9.17) is 4.74 Å². The number of nitro groups is 1. The minimum atomic E-state index is -0.671. The Bertz CT molecular complexity index is 572. The Kier molecular flexibility index (Phi) is 6.03. The fourth-order valence-corrected chi connectivity index (χ4v) is 2.47. The molecule has 0 radical (unpaired) electrons. The second-order valence-electron chi connectivity index (χ2n) is 5.53. The number of aliphatic hydroxyl groups excluding tert-OH is 1. The summed E-state index contributed by atoms with van der Waals surface area (Å²) in [5.41, 5.74) is 0.847. The van der Waals surface area contributed by atoms with Crippen LogP contribution in [0.4, 0.5) is 5.69 Å². The van der Waals surface area contributed by atoms with Gasteiger partial charge in [-0.1, -0.05) is 0 Å². The lowest BCUT2D eigenvalue weighted by atomic mass is 10.1. The quantitative estimate of drug-likeness (QED) is 0.577. The Hall–Kier alpha value is -2.03. The molecular weight excluding hydrogens is 302 g/mol. The lowest BCUT2D eigenvalue weighted by Gasteiger charge is -2.28. The molecule has 1 amide bonds. The third-order valence-corrected chi connectivity index (χ3v) is 3.74. The Morgan fingerprint density at radius 2 is 2.17 bits per heavy atom. The Labute approximate surface area is 134 Å². The topological polar surface area (TPSA) is 105 Å². The maximum Gasteiger partial charge on any atom is 0.269 e. The summed E-state index contributed by atoms with van der Waals surface area (Å²) in [5, 5.41) is 23.4. The first-order valence-electron chi connectivity index (χ1n) is 7.49. The van der Waals surface area contributed by atoms with Crippen molar-refractivity contribution in [3.05, 3.63) is 39.4 Å². The smallest absolute Gasteiger partial charge is 0.269 e. The molecule has 8 heteroatoms. The van der Waals surface area contributed by atoms with E-state index in [1.165, 1.54) is 18.2 Å². The Balaban J connectivity index is 1.85. The summed E-state index contributed by atoms with van der Waals surface area (Å²) >= 11 is 0. The molecule has 1 aromatic rings. The number of nitrogens with one attached hydrogen (secondary N) is 1. The third kappa shape index (κ3) is 4.98. The monoisotopic (exact) mass is 323 g/mol. The molecule has 0 bridgehead atoms. The summed E-state index contributed by atoms with van der Waals surface area (Å²) in [4.78, 5) is 24.4. The Morgan fingerprint density at radius 3 is 2.78 bits per heavy atom. The Morgan fingerprint density at radius 1 is 1.48 bits per heavy atom. The van der Waals surface area contributed by atoms with Crippen molar-refractivity contribution in [3.8, 4) is 0 Å². The van der Waals surface area contributed by atoms with Gasteiger partial charge in [0.15, 0.2) is 0 Å². The van der Waals surface area contributed by atoms with Crippen LogP contribution in [0.1, 0.15) is 15.9 Å². The number of rotatable bonds is 6. The highest BCUT2D eigenvalue weighted by molar-refractivity contribution is 5.95. The second-order valence-corrected chi connectivity index (χ2v) is 5.53. The van der Waals surface area contributed by atoms with Gasteiger partial charge in [0.25, 0.3) is 11.6 Å². The number of amides is 1. The van der Waals surface area contributed by atoms with Crippen LogP contribution in [0.5, 0.6) is 0 Å². The van der Waals surface area contributed by atoms with Gasteiger partial charge in [-0.05, 0) is 18.6 Å². The van der Waals surface area contributed by atoms with Gasteiger partial charge in [0.05, 0.1) is 24.2 Å². The molecule has 8 nitrogen and oxygen atoms in total. The van der Waals surface area contributed by atoms with E-state index in [-0.39, 0.29) is 18.1 Å². The molecule has 1 aliphatic rings. The first-order chi connectivity index (χ1) is 11.0. The highest BCUT2D eigenvalue weighted by Crippen LogP contribution is 2.17. The fraction of sp³-hybridized carbons (Fsp3) is 0.533. The van der Waals surface area contributed by atoms with Crippen molar-refractivity contribution in [2.75, 3.05) is 39.4 Å². The lowest BCUT2D eigenvalue weighted by molar-refractivity contribution is -0.384. The van der Waals surface area contributed by atoms with Gasteiger partial charge in [0.2, 0.25) is 0 Å². The van der Waals surface area contributed by atoms with E-state index in [0.29, 0.717) is 30.9 Å². The average molecular weight is 323 g/mol. The molecule has 0 aromatic heterocycles. The van der Waals surface area contributed by atoms with Crippen LogP contribution in [0.3, 0.4) is 0 Å². The molecule has 1 heterocycles. The predicted octanol–water partition coefficient (Wildman–Crippen LogP) is 0.326. The molecule has 0 saturated carbocycles. The average Bonchev–Trinajstić information content (AvgIpc) is 2.53. The first-order valence-corrected chi connectivity index (χ1v) is 7.49. The number of nitro benzene ring substituents is 1. The number of nitrogens with zero attached hydrogens (tertiary/aromatic N) is 2. The zero-order valence-corrected chi connectivity index (χ0v) is 13.0. The van der Waals surface area contributed by atoms with Crippen LogP contribution in [0.25, 0.3) is 0 Å². The highest BCUT2D eigenvalue weighted by atomic mass is 16.6. The molecule has 1 saturated heterocycles. The van der Waals surface area contributed by atoms with Crippen molar-refractivity contribution in [1.29, 1.82) is 0 Å². The zero-order valence-electron chi connectivity index (χ0n) is 13.0. The molecule has 0 spiro atoms. The van der Waals surface area contributed by atoms with Crippen molar-refractivity contribution < 1.29 is 19.6 Å². The summed E-state index contributed by atoms with van der Waals surface area (Å²) in [7, 11) is 0. The minimum Gasteiger partial charge on any atom is -0.390 e. The van der Waals surface area contributed by atoms with Gasteiger partial charge in [-0.2, -0.15) is 0 Å². The van der Waals surface area contributed by atoms with Crippen LogP contribution in [0.15, 0.2) is 18.2 Å². The first kappa shape index (κ1) is 17.3. The molecule has 1 fully saturated rings. The lowest BCUT2D eigenvalue weighted by Crippen LogP contribution is -2.44. The van der Waals surface area contributed by atoms with E-state index in [9.17, 15) is 20.0 Å². The zero-order chi connectivity index (χ0) is 16.8. The van der Waals surface area contributed by atoms with Crippen molar-refractivity contribution in [3.63, 3.8) is 0 Å². The number of hydrogen-bond donors (Lipinski definition) is 2. The number of non-ortho nitro benzene ring substituents is 1. The van der Waals surface area contributed by atoms with Gasteiger partial charge in [-0.15, -0.1) is 0 Å². The second kappa shape index (κ2) is 8.00. The highest BCUT2D eigenvalue weighted by Gasteiger charge is 2.17. The summed E-state index contributed by atoms with van der Waals surface area (Å²) < 4.78 is 5.24. The molecule has 0 aliphatic carbocycles. The number of benzene rings is 1. The van der Waals surface area contributed by atoms with Crippen LogP contribution in [0.2, 0.25) is 0 Å². The number of hydrogen-bond acceptors (Lipinski definition) is 6. The summed E-state index contributed by atoms with van der Waals surface area (Å²) in [6.07, 6.45) is -0.671. The van der Waals surface area contributed by atoms with E-state index in [0.717, 1.165) is 13.1 Å². The maximum absolute atomic E-state index is 12.1. The maximum atomic E-state index is 12.1. The van der Waals surface area contributed by atoms with E-state index in [2.05, 4.69) is 10.2 Å². The van der Waals surface area contributed by atoms with Crippen LogP contribution in [-0.4, -0.2) is 66.3 Å². The fourth-order valence-electron chi connectivity index (χ4n) is 2.47. The van der Waals surface area contributed by atoms with Crippen molar-refractivity contribution in [2.45, 2.75) is 13.0 Å². The van der Waals surface area contributed by atoms with E-state index in [1.807, 2.05) is 0 Å². The molecule has 2 N–H and O–H groups in total. The van der Waals surface area contributed by atoms with Crippen molar-refractivity contribution >= 4 is 11.6 Å². The molecule has 1 unspecified atom stereocenters. The van der Waals surface area contributed by atoms with E-state index >= 15 is 0 Å². The molecule has 23 heavy (non-hydrogen) atoms. The van der Waals surface area contributed by atoms with Gasteiger partial charge in [-0.25, -0.2) is 0 Å². The standard InChI is InChI=1S/C15H21N3O5/c1-11-8-12(18(21)22)2-3-14(11)15(20)16-9-13(19)10-17-4-6-23-7-5-17/h2-3,8,13,19H,4-7,9-10H2,1H3,(H,16,20). The SMILES string of the molecule is Cc1cc([N+](=O)[O-])ccc1C(=O)NCC(O)CN1CCOCC1. The number of aryl methyl sites for hydroxylation is 1. The number of morpholine rings is 1. The number of carbonyl (C=O) groups excluding carboxylic acids is 1. The molecule has 126 valence electrons. The third-order valence-electron chi connectivity index (χ3n) is 3.74. The van der Waals surface area contributed by atoms with Crippen LogP contribution < -0.4 is 5.32 Å². The van der Waals surface area contributed by atoms with Gasteiger partial charge in [0.1, 0.15) is 0 Å². The number of carbonyl (C=O) groups is 1. The largest absolute Gasteiger partial charge is 0.390 e. The van der Waals surface area contributed by atoms with E-state index < -0.39 is 11.0 Å². The van der Waals surface area contributed by atoms with Crippen molar-refractivity contribution in [2.24, 2.45) is 0 Å². The molecule has 1 aliphatic heterocycles. The summed E-state index contributed by atoms with van der Waals surface area (Å²) in [6.45, 7) is 5.10. The molecule has 1 aromatic carbocycles. The molecule has 2 rings (SSSR count). The van der Waals surface area contributed by atoms with Crippen molar-refractivity contribution in [1.82, 2.24) is 10.2 Å². The summed E-state index contributed by atoms with van der Waals surface area (Å²) in [6, 6.07) is 4.09. The van der Waals surface area contributed by atoms with Gasteiger partial charge < -0.3 is 15.2 Å². The van der Waals surface area contributed by atoms with Gasteiger partial charge >= 0.3 is 0 Å². The minimum absolute atomic E-state index is 0.0496. The molecule has 1 atom stereocenters.